The minimum Gasteiger partial charge on any atom is -0.397 e. The van der Waals surface area contributed by atoms with Crippen molar-refractivity contribution < 1.29 is 4.79 Å². The fraction of sp³-hybridized carbons (Fsp3) is 0.133. The van der Waals surface area contributed by atoms with E-state index >= 15 is 0 Å². The predicted molar refractivity (Wildman–Crippen MR) is 87.5 cm³/mol. The number of nitrogens with two attached hydrogens (primary N) is 1. The second-order valence-electron chi connectivity index (χ2n) is 4.89. The molecule has 4 N–H and O–H groups in total. The fourth-order valence-electron chi connectivity index (χ4n) is 2.29. The molecular formula is C15H13Cl2N3O. The van der Waals surface area contributed by atoms with Crippen molar-refractivity contribution in [1.82, 2.24) is 0 Å². The normalized spacial score (nSPS) is 13.5. The lowest BCUT2D eigenvalue weighted by molar-refractivity contribution is -0.116. The molecule has 2 aromatic rings. The smallest absolute Gasteiger partial charge is 0.224 e. The maximum atomic E-state index is 11.4. The van der Waals surface area contributed by atoms with Crippen LogP contribution < -0.4 is 16.4 Å². The van der Waals surface area contributed by atoms with Crippen LogP contribution in [0.15, 0.2) is 30.3 Å². The fourth-order valence-corrected chi connectivity index (χ4v) is 2.63. The molecule has 21 heavy (non-hydrogen) atoms. The molecule has 0 spiro atoms. The van der Waals surface area contributed by atoms with Crippen LogP contribution in [0.4, 0.5) is 22.7 Å². The van der Waals surface area contributed by atoms with Gasteiger partial charge in [-0.15, -0.1) is 0 Å². The summed E-state index contributed by atoms with van der Waals surface area (Å²) in [6.45, 7) is 0. The van der Waals surface area contributed by atoms with E-state index in [1.54, 1.807) is 24.3 Å². The number of hydrogen-bond acceptors (Lipinski definition) is 3. The van der Waals surface area contributed by atoms with E-state index in [4.69, 9.17) is 28.9 Å². The summed E-state index contributed by atoms with van der Waals surface area (Å²) < 4.78 is 0. The molecule has 0 saturated heterocycles. The van der Waals surface area contributed by atoms with Crippen molar-refractivity contribution in [3.63, 3.8) is 0 Å². The predicted octanol–water partition coefficient (Wildman–Crippen LogP) is 4.20. The molecule has 4 nitrogen and oxygen atoms in total. The Balaban J connectivity index is 1.96. The molecule has 6 heteroatoms. The highest BCUT2D eigenvalue weighted by molar-refractivity contribution is 6.35. The summed E-state index contributed by atoms with van der Waals surface area (Å²) in [5.74, 6) is 0.0143. The second kappa shape index (κ2) is 5.47. The number of nitrogen functional groups attached to an aromatic ring is 1. The van der Waals surface area contributed by atoms with E-state index in [9.17, 15) is 4.79 Å². The summed E-state index contributed by atoms with van der Waals surface area (Å²) in [5.41, 5.74) is 9.82. The maximum absolute atomic E-state index is 11.4. The molecule has 0 bridgehead atoms. The van der Waals surface area contributed by atoms with Gasteiger partial charge in [-0.25, -0.2) is 0 Å². The van der Waals surface area contributed by atoms with Crippen LogP contribution in [0, 0.1) is 0 Å². The van der Waals surface area contributed by atoms with Crippen LogP contribution in [0.5, 0.6) is 0 Å². The Bertz CT molecular complexity index is 731. The van der Waals surface area contributed by atoms with Gasteiger partial charge >= 0.3 is 0 Å². The van der Waals surface area contributed by atoms with E-state index in [0.717, 1.165) is 16.9 Å². The third kappa shape index (κ3) is 2.91. The average molecular weight is 322 g/mol. The van der Waals surface area contributed by atoms with Gasteiger partial charge in [0, 0.05) is 17.1 Å². The van der Waals surface area contributed by atoms with Crippen LogP contribution in [-0.4, -0.2) is 5.91 Å². The Morgan fingerprint density at radius 3 is 2.71 bits per heavy atom. The van der Waals surface area contributed by atoms with Gasteiger partial charge in [-0.1, -0.05) is 23.2 Å². The molecular weight excluding hydrogens is 309 g/mol. The Morgan fingerprint density at radius 1 is 1.10 bits per heavy atom. The quantitative estimate of drug-likeness (QED) is 0.726. The molecule has 0 saturated carbocycles. The molecule has 0 fully saturated rings. The molecule has 108 valence electrons. The molecule has 0 aliphatic carbocycles. The van der Waals surface area contributed by atoms with Gasteiger partial charge in [0.15, 0.2) is 0 Å². The van der Waals surface area contributed by atoms with Crippen molar-refractivity contribution in [2.24, 2.45) is 0 Å². The molecule has 1 aliphatic heterocycles. The zero-order chi connectivity index (χ0) is 15.0. The summed E-state index contributed by atoms with van der Waals surface area (Å²) in [5, 5.41) is 7.16. The zero-order valence-corrected chi connectivity index (χ0v) is 12.6. The molecule has 0 aromatic heterocycles. The molecule has 1 amide bonds. The van der Waals surface area contributed by atoms with Crippen LogP contribution in [0.1, 0.15) is 12.0 Å². The van der Waals surface area contributed by atoms with E-state index in [-0.39, 0.29) is 5.91 Å². The zero-order valence-electron chi connectivity index (χ0n) is 11.0. The van der Waals surface area contributed by atoms with Gasteiger partial charge in [0.05, 0.1) is 22.1 Å². The van der Waals surface area contributed by atoms with Gasteiger partial charge in [-0.3, -0.25) is 4.79 Å². The highest BCUT2D eigenvalue weighted by Crippen LogP contribution is 2.35. The van der Waals surface area contributed by atoms with Gasteiger partial charge < -0.3 is 16.4 Å². The molecule has 1 aliphatic rings. The van der Waals surface area contributed by atoms with Crippen molar-refractivity contribution in [3.05, 3.63) is 45.9 Å². The van der Waals surface area contributed by atoms with Gasteiger partial charge in [-0.05, 0) is 42.3 Å². The van der Waals surface area contributed by atoms with Crippen molar-refractivity contribution >= 4 is 51.9 Å². The second-order valence-corrected chi connectivity index (χ2v) is 5.74. The summed E-state index contributed by atoms with van der Waals surface area (Å²) >= 11 is 12.1. The Kier molecular flexibility index (Phi) is 3.66. The number of amides is 1. The van der Waals surface area contributed by atoms with Crippen LogP contribution in [-0.2, 0) is 11.2 Å². The molecule has 0 radical (unpaired) electrons. The number of anilines is 4. The molecule has 0 atom stereocenters. The number of rotatable bonds is 2. The van der Waals surface area contributed by atoms with Crippen LogP contribution >= 0.6 is 23.2 Å². The van der Waals surface area contributed by atoms with Gasteiger partial charge in [-0.2, -0.15) is 0 Å². The summed E-state index contributed by atoms with van der Waals surface area (Å²) in [6.07, 6.45) is 1.17. The van der Waals surface area contributed by atoms with Crippen molar-refractivity contribution in [2.75, 3.05) is 16.4 Å². The van der Waals surface area contributed by atoms with E-state index in [1.807, 2.05) is 6.07 Å². The number of hydrogen-bond donors (Lipinski definition) is 3. The van der Waals surface area contributed by atoms with E-state index in [2.05, 4.69) is 10.6 Å². The average Bonchev–Trinajstić information content (AvgIpc) is 2.44. The minimum atomic E-state index is 0.0143. The summed E-state index contributed by atoms with van der Waals surface area (Å²) in [6, 6.07) is 8.88. The number of nitrogens with one attached hydrogen (secondary N) is 2. The molecule has 1 heterocycles. The lowest BCUT2D eigenvalue weighted by atomic mass is 10.0. The van der Waals surface area contributed by atoms with Crippen molar-refractivity contribution in [1.29, 1.82) is 0 Å². The minimum absolute atomic E-state index is 0.0143. The first-order valence-corrected chi connectivity index (χ1v) is 7.23. The molecule has 3 rings (SSSR count). The number of fused-ring (bicyclic) bond motifs is 1. The lowest BCUT2D eigenvalue weighted by Crippen LogP contribution is -2.19. The van der Waals surface area contributed by atoms with Crippen LogP contribution in [0.25, 0.3) is 0 Å². The highest BCUT2D eigenvalue weighted by atomic mass is 35.5. The standard InChI is InChI=1S/C15H13Cl2N3O/c16-9-2-3-10(17)13(6-9)19-14-5-8-1-4-15(21)20-12(8)7-11(14)18/h2-3,5-7,19H,1,4,18H2,(H,20,21). The number of carbonyl (C=O) groups excluding carboxylic acids is 1. The first-order valence-electron chi connectivity index (χ1n) is 6.47. The SMILES string of the molecule is Nc1cc2c(cc1Nc1cc(Cl)ccc1Cl)CCC(=O)N2. The largest absolute Gasteiger partial charge is 0.397 e. The van der Waals surface area contributed by atoms with Crippen LogP contribution in [0.2, 0.25) is 10.0 Å². The van der Waals surface area contributed by atoms with Crippen molar-refractivity contribution in [2.45, 2.75) is 12.8 Å². The Morgan fingerprint density at radius 2 is 1.90 bits per heavy atom. The van der Waals surface area contributed by atoms with Gasteiger partial charge in [0.25, 0.3) is 0 Å². The third-order valence-corrected chi connectivity index (χ3v) is 3.93. The monoisotopic (exact) mass is 321 g/mol. The Labute approximate surface area is 132 Å². The summed E-state index contributed by atoms with van der Waals surface area (Å²) in [7, 11) is 0. The number of benzene rings is 2. The number of aryl methyl sites for hydroxylation is 1. The van der Waals surface area contributed by atoms with E-state index in [1.165, 1.54) is 0 Å². The topological polar surface area (TPSA) is 67.1 Å². The van der Waals surface area contributed by atoms with Crippen LogP contribution in [0.3, 0.4) is 0 Å². The highest BCUT2D eigenvalue weighted by Gasteiger charge is 2.17. The van der Waals surface area contributed by atoms with Gasteiger partial charge in [0.1, 0.15) is 0 Å². The Hall–Kier alpha value is -1.91. The first-order chi connectivity index (χ1) is 10.0. The third-order valence-electron chi connectivity index (χ3n) is 3.37. The van der Waals surface area contributed by atoms with Crippen molar-refractivity contribution in [3.8, 4) is 0 Å². The first kappa shape index (κ1) is 14.0. The maximum Gasteiger partial charge on any atom is 0.224 e. The van der Waals surface area contributed by atoms with Gasteiger partial charge in [0.2, 0.25) is 5.91 Å². The van der Waals surface area contributed by atoms with E-state index in [0.29, 0.717) is 34.3 Å². The lowest BCUT2D eigenvalue weighted by Gasteiger charge is -2.20. The molecule has 2 aromatic carbocycles. The molecule has 0 unspecified atom stereocenters. The number of halogens is 2. The summed E-state index contributed by atoms with van der Waals surface area (Å²) in [4.78, 5) is 11.4. The van der Waals surface area contributed by atoms with E-state index < -0.39 is 0 Å². The number of carbonyl (C=O) groups is 1.